The maximum absolute atomic E-state index is 12.7. The molecule has 0 aliphatic carbocycles. The maximum Gasteiger partial charge on any atom is 0.264 e. The number of amides is 1. The van der Waals surface area contributed by atoms with Gasteiger partial charge in [0.25, 0.3) is 5.91 Å². The third-order valence-corrected chi connectivity index (χ3v) is 6.35. The van der Waals surface area contributed by atoms with Crippen LogP contribution in [0.5, 0.6) is 5.75 Å². The lowest BCUT2D eigenvalue weighted by molar-refractivity contribution is -0.131. The van der Waals surface area contributed by atoms with Gasteiger partial charge >= 0.3 is 0 Å². The highest BCUT2D eigenvalue weighted by molar-refractivity contribution is 7.99. The van der Waals surface area contributed by atoms with E-state index >= 15 is 0 Å². The van der Waals surface area contributed by atoms with Crippen LogP contribution >= 0.6 is 11.8 Å². The van der Waals surface area contributed by atoms with Gasteiger partial charge in [-0.05, 0) is 43.7 Å². The molecule has 28 heavy (non-hydrogen) atoms. The Labute approximate surface area is 170 Å². The van der Waals surface area contributed by atoms with E-state index in [1.807, 2.05) is 12.1 Å². The average Bonchev–Trinajstić information content (AvgIpc) is 3.04. The summed E-state index contributed by atoms with van der Waals surface area (Å²) in [5.74, 6) is 1.74. The lowest BCUT2D eigenvalue weighted by Gasteiger charge is -2.33. The molecule has 1 fully saturated rings. The van der Waals surface area contributed by atoms with Crippen LogP contribution in [0.1, 0.15) is 24.0 Å². The summed E-state index contributed by atoms with van der Waals surface area (Å²) in [7, 11) is 1.67. The molecular weight excluding hydrogens is 370 g/mol. The molecule has 2 aliphatic heterocycles. The van der Waals surface area contributed by atoms with Crippen molar-refractivity contribution in [3.63, 3.8) is 0 Å². The molecule has 0 aromatic heterocycles. The molecule has 0 spiro atoms. The van der Waals surface area contributed by atoms with Crippen molar-refractivity contribution >= 4 is 17.7 Å². The molecular formula is C22H25N3O2S. The molecule has 2 aromatic carbocycles. The highest BCUT2D eigenvalue weighted by Gasteiger charge is 2.44. The molecule has 4 rings (SSSR count). The molecule has 0 saturated carbocycles. The van der Waals surface area contributed by atoms with E-state index in [1.165, 1.54) is 16.0 Å². The number of hydrogen-bond acceptors (Lipinski definition) is 5. The first kappa shape index (κ1) is 18.9. The highest BCUT2D eigenvalue weighted by Crippen LogP contribution is 2.34. The molecule has 2 heterocycles. The van der Waals surface area contributed by atoms with Crippen molar-refractivity contribution in [1.82, 2.24) is 15.8 Å². The largest absolute Gasteiger partial charge is 0.497 e. The second-order valence-corrected chi connectivity index (χ2v) is 8.33. The Bertz CT molecular complexity index is 880. The van der Waals surface area contributed by atoms with E-state index in [0.717, 1.165) is 17.2 Å². The first-order valence-corrected chi connectivity index (χ1v) is 10.4. The quantitative estimate of drug-likeness (QED) is 0.760. The first-order valence-electron chi connectivity index (χ1n) is 9.45. The molecule has 146 valence electrons. The Kier molecular flexibility index (Phi) is 5.33. The summed E-state index contributed by atoms with van der Waals surface area (Å²) in [6, 6.07) is 16.7. The summed E-state index contributed by atoms with van der Waals surface area (Å²) < 4.78 is 5.27. The Morgan fingerprint density at radius 3 is 2.50 bits per heavy atom. The van der Waals surface area contributed by atoms with Crippen LogP contribution in [-0.2, 0) is 4.79 Å². The predicted octanol–water partition coefficient (Wildman–Crippen LogP) is 3.43. The molecule has 6 heteroatoms. The fraction of sp³-hybridized carbons (Fsp3) is 0.318. The molecule has 0 bridgehead atoms. The minimum absolute atomic E-state index is 0.00566. The van der Waals surface area contributed by atoms with Gasteiger partial charge in [-0.15, -0.1) is 11.8 Å². The van der Waals surface area contributed by atoms with Crippen molar-refractivity contribution in [1.29, 1.82) is 0 Å². The number of aryl methyl sites for hydroxylation is 1. The minimum atomic E-state index is -0.102. The fourth-order valence-electron chi connectivity index (χ4n) is 3.80. The standard InChI is InChI=1S/C22H25N3O2S/c1-14-4-10-19(11-5-14)28-13-17-12-20(26)25-22(23-17)21(15(2)24-25)16-6-8-18(27-3)9-7-16/h4-12,15,21-24H,13H2,1-3H3. The molecule has 1 saturated heterocycles. The number of hydrogen-bond donors (Lipinski definition) is 2. The first-order chi connectivity index (χ1) is 13.5. The Balaban J connectivity index is 1.50. The molecule has 0 radical (unpaired) electrons. The van der Waals surface area contributed by atoms with Crippen LogP contribution in [-0.4, -0.2) is 36.0 Å². The van der Waals surface area contributed by atoms with Crippen molar-refractivity contribution in [2.75, 3.05) is 12.9 Å². The lowest BCUT2D eigenvalue weighted by atomic mass is 9.90. The third kappa shape index (κ3) is 3.75. The van der Waals surface area contributed by atoms with Gasteiger partial charge in [0, 0.05) is 34.4 Å². The maximum atomic E-state index is 12.7. The van der Waals surface area contributed by atoms with Crippen LogP contribution in [0.4, 0.5) is 0 Å². The summed E-state index contributed by atoms with van der Waals surface area (Å²) in [5.41, 5.74) is 6.72. The number of fused-ring (bicyclic) bond motifs is 1. The monoisotopic (exact) mass is 395 g/mol. The van der Waals surface area contributed by atoms with Crippen LogP contribution in [0, 0.1) is 6.92 Å². The molecule has 2 N–H and O–H groups in total. The van der Waals surface area contributed by atoms with Gasteiger partial charge in [0.05, 0.1) is 7.11 Å². The normalized spacial score (nSPS) is 23.8. The molecule has 2 aromatic rings. The van der Waals surface area contributed by atoms with E-state index in [0.29, 0.717) is 0 Å². The number of rotatable bonds is 5. The lowest BCUT2D eigenvalue weighted by Crippen LogP contribution is -2.53. The molecule has 3 unspecified atom stereocenters. The van der Waals surface area contributed by atoms with E-state index in [2.05, 4.69) is 61.0 Å². The van der Waals surface area contributed by atoms with Gasteiger partial charge in [0.15, 0.2) is 0 Å². The molecule has 5 nitrogen and oxygen atoms in total. The zero-order valence-electron chi connectivity index (χ0n) is 16.3. The summed E-state index contributed by atoms with van der Waals surface area (Å²) in [6.07, 6.45) is 1.60. The van der Waals surface area contributed by atoms with E-state index in [-0.39, 0.29) is 24.0 Å². The van der Waals surface area contributed by atoms with E-state index in [9.17, 15) is 4.79 Å². The summed E-state index contributed by atoms with van der Waals surface area (Å²) >= 11 is 1.74. The van der Waals surface area contributed by atoms with Crippen molar-refractivity contribution in [3.05, 3.63) is 71.4 Å². The number of methoxy groups -OCH3 is 1. The third-order valence-electron chi connectivity index (χ3n) is 5.28. The predicted molar refractivity (Wildman–Crippen MR) is 112 cm³/mol. The van der Waals surface area contributed by atoms with Crippen molar-refractivity contribution < 1.29 is 9.53 Å². The molecule has 1 amide bonds. The second kappa shape index (κ2) is 7.89. The van der Waals surface area contributed by atoms with E-state index in [4.69, 9.17) is 4.74 Å². The van der Waals surface area contributed by atoms with Crippen LogP contribution < -0.4 is 15.5 Å². The van der Waals surface area contributed by atoms with Gasteiger partial charge < -0.3 is 10.1 Å². The van der Waals surface area contributed by atoms with Gasteiger partial charge in [-0.2, -0.15) is 0 Å². The topological polar surface area (TPSA) is 53.6 Å². The van der Waals surface area contributed by atoms with Crippen LogP contribution in [0.25, 0.3) is 0 Å². The number of carbonyl (C=O) groups excluding carboxylic acids is 1. The highest BCUT2D eigenvalue weighted by atomic mass is 32.2. The summed E-state index contributed by atoms with van der Waals surface area (Å²) in [6.45, 7) is 4.20. The van der Waals surface area contributed by atoms with Gasteiger partial charge in [0.2, 0.25) is 0 Å². The number of thioether (sulfide) groups is 1. The average molecular weight is 396 g/mol. The van der Waals surface area contributed by atoms with Gasteiger partial charge in [-0.1, -0.05) is 29.8 Å². The number of ether oxygens (including phenoxy) is 1. The molecule has 3 atom stereocenters. The SMILES string of the molecule is COc1ccc(C2C(C)NN3C(=O)C=C(CSc4ccc(C)cc4)NC23)cc1. The fourth-order valence-corrected chi connectivity index (χ4v) is 4.61. The van der Waals surface area contributed by atoms with E-state index in [1.54, 1.807) is 30.0 Å². The smallest absolute Gasteiger partial charge is 0.264 e. The van der Waals surface area contributed by atoms with Crippen molar-refractivity contribution in [3.8, 4) is 5.75 Å². The molecule has 2 aliphatic rings. The second-order valence-electron chi connectivity index (χ2n) is 7.29. The number of hydrazine groups is 1. The zero-order valence-corrected chi connectivity index (χ0v) is 17.1. The van der Waals surface area contributed by atoms with E-state index < -0.39 is 0 Å². The van der Waals surface area contributed by atoms with Gasteiger partial charge in [0.1, 0.15) is 11.9 Å². The minimum Gasteiger partial charge on any atom is -0.497 e. The Morgan fingerprint density at radius 2 is 1.82 bits per heavy atom. The van der Waals surface area contributed by atoms with Crippen molar-refractivity contribution in [2.24, 2.45) is 0 Å². The number of carbonyl (C=O) groups is 1. The van der Waals surface area contributed by atoms with Crippen LogP contribution in [0.2, 0.25) is 0 Å². The summed E-state index contributed by atoms with van der Waals surface area (Å²) in [5, 5.41) is 5.31. The van der Waals surface area contributed by atoms with Crippen molar-refractivity contribution in [2.45, 2.75) is 36.9 Å². The zero-order chi connectivity index (χ0) is 19.7. The number of benzene rings is 2. The number of nitrogens with one attached hydrogen (secondary N) is 2. The van der Waals surface area contributed by atoms with Gasteiger partial charge in [-0.3, -0.25) is 9.80 Å². The number of nitrogens with zero attached hydrogens (tertiary/aromatic N) is 1. The van der Waals surface area contributed by atoms with Gasteiger partial charge in [-0.25, -0.2) is 5.43 Å². The van der Waals surface area contributed by atoms with Crippen LogP contribution in [0.15, 0.2) is 65.2 Å². The summed E-state index contributed by atoms with van der Waals surface area (Å²) in [4.78, 5) is 13.9. The van der Waals surface area contributed by atoms with Crippen LogP contribution in [0.3, 0.4) is 0 Å². The Hall–Kier alpha value is -2.44. The Morgan fingerprint density at radius 1 is 1.11 bits per heavy atom.